The van der Waals surface area contributed by atoms with Crippen molar-refractivity contribution in [1.82, 2.24) is 19.8 Å². The fourth-order valence-corrected chi connectivity index (χ4v) is 3.27. The van der Waals surface area contributed by atoms with Gasteiger partial charge in [-0.2, -0.15) is 0 Å². The molecule has 0 aliphatic rings. The van der Waals surface area contributed by atoms with Crippen LogP contribution in [0.5, 0.6) is 0 Å². The molecule has 0 radical (unpaired) electrons. The molecule has 0 aliphatic heterocycles. The number of hydrogen-bond acceptors (Lipinski definition) is 7. The highest BCUT2D eigenvalue weighted by Crippen LogP contribution is 2.30. The molecule has 0 fully saturated rings. The maximum atomic E-state index is 12.8. The Morgan fingerprint density at radius 2 is 2.00 bits per heavy atom. The van der Waals surface area contributed by atoms with Crippen molar-refractivity contribution in [2.75, 3.05) is 5.32 Å². The summed E-state index contributed by atoms with van der Waals surface area (Å²) in [6.07, 6.45) is 0.149. The van der Waals surface area contributed by atoms with Gasteiger partial charge < -0.3 is 5.32 Å². The number of aromatic nitrogens is 4. The lowest BCUT2D eigenvalue weighted by Crippen LogP contribution is -2.14. The van der Waals surface area contributed by atoms with Crippen molar-refractivity contribution in [3.63, 3.8) is 0 Å². The second kappa shape index (κ2) is 6.24. The Hall–Kier alpha value is -2.26. The molecular formula is C13H10FN5OS2. The van der Waals surface area contributed by atoms with Gasteiger partial charge in [-0.05, 0) is 36.2 Å². The minimum Gasteiger partial charge on any atom is -0.300 e. The normalized spacial score (nSPS) is 10.6. The Balaban J connectivity index is 1.66. The second-order valence-electron chi connectivity index (χ2n) is 4.45. The van der Waals surface area contributed by atoms with E-state index in [4.69, 9.17) is 0 Å². The van der Waals surface area contributed by atoms with Crippen LogP contribution in [-0.2, 0) is 11.2 Å². The van der Waals surface area contributed by atoms with Gasteiger partial charge in [-0.3, -0.25) is 4.79 Å². The van der Waals surface area contributed by atoms with Crippen molar-refractivity contribution in [3.8, 4) is 9.88 Å². The van der Waals surface area contributed by atoms with E-state index in [1.54, 1.807) is 12.1 Å². The van der Waals surface area contributed by atoms with Crippen LogP contribution in [0, 0.1) is 12.7 Å². The zero-order chi connectivity index (χ0) is 15.5. The fraction of sp³-hybridized carbons (Fsp3) is 0.154. The third-order valence-corrected chi connectivity index (χ3v) is 4.62. The first-order chi connectivity index (χ1) is 10.6. The number of rotatable bonds is 4. The van der Waals surface area contributed by atoms with Gasteiger partial charge in [0, 0.05) is 0 Å². The minimum atomic E-state index is -0.327. The average molecular weight is 335 g/mol. The molecule has 2 aromatic heterocycles. The number of hydrogen-bond donors (Lipinski definition) is 1. The number of benzene rings is 1. The summed E-state index contributed by atoms with van der Waals surface area (Å²) < 4.78 is 16.7. The average Bonchev–Trinajstić information content (AvgIpc) is 3.10. The van der Waals surface area contributed by atoms with E-state index in [0.717, 1.165) is 16.1 Å². The number of nitrogens with one attached hydrogen (secondary N) is 1. The molecule has 6 nitrogen and oxygen atoms in total. The van der Waals surface area contributed by atoms with Gasteiger partial charge in [0.1, 0.15) is 10.7 Å². The predicted octanol–water partition coefficient (Wildman–Crippen LogP) is 2.69. The maximum absolute atomic E-state index is 12.8. The molecule has 2 heterocycles. The first-order valence-corrected chi connectivity index (χ1v) is 7.88. The Morgan fingerprint density at radius 3 is 2.68 bits per heavy atom. The molecule has 22 heavy (non-hydrogen) atoms. The van der Waals surface area contributed by atoms with Crippen LogP contribution in [0.2, 0.25) is 0 Å². The highest BCUT2D eigenvalue weighted by atomic mass is 32.1. The van der Waals surface area contributed by atoms with E-state index in [-0.39, 0.29) is 18.1 Å². The zero-order valence-corrected chi connectivity index (χ0v) is 13.0. The molecule has 0 unspecified atom stereocenters. The summed E-state index contributed by atoms with van der Waals surface area (Å²) in [6, 6.07) is 5.80. The maximum Gasteiger partial charge on any atom is 0.230 e. The monoisotopic (exact) mass is 335 g/mol. The van der Waals surface area contributed by atoms with Crippen molar-refractivity contribution >= 4 is 33.9 Å². The Bertz CT molecular complexity index is 799. The highest BCUT2D eigenvalue weighted by molar-refractivity contribution is 7.22. The SMILES string of the molecule is Cc1nnsc1-c1nnc(NC(=O)Cc2ccc(F)cc2)s1. The zero-order valence-electron chi connectivity index (χ0n) is 11.4. The van der Waals surface area contributed by atoms with E-state index in [1.807, 2.05) is 6.92 Å². The van der Waals surface area contributed by atoms with E-state index < -0.39 is 0 Å². The molecule has 3 aromatic rings. The summed E-state index contributed by atoms with van der Waals surface area (Å²) in [4.78, 5) is 12.8. The van der Waals surface area contributed by atoms with Crippen LogP contribution in [0.4, 0.5) is 9.52 Å². The standard InChI is InChI=1S/C13H10FN5OS2/c1-7-11(22-19-16-7)12-17-18-13(21-12)15-10(20)6-8-2-4-9(14)5-3-8/h2-5H,6H2,1H3,(H,15,18,20). The number of anilines is 1. The molecule has 0 saturated carbocycles. The molecule has 1 amide bonds. The lowest BCUT2D eigenvalue weighted by Gasteiger charge is -2.01. The molecule has 0 bridgehead atoms. The third kappa shape index (κ3) is 3.31. The molecule has 0 aliphatic carbocycles. The molecular weight excluding hydrogens is 325 g/mol. The third-order valence-electron chi connectivity index (χ3n) is 2.80. The molecule has 112 valence electrons. The van der Waals surface area contributed by atoms with Crippen LogP contribution in [-0.4, -0.2) is 25.7 Å². The molecule has 1 N–H and O–H groups in total. The van der Waals surface area contributed by atoms with Crippen molar-refractivity contribution in [1.29, 1.82) is 0 Å². The van der Waals surface area contributed by atoms with Crippen LogP contribution in [0.25, 0.3) is 9.88 Å². The van der Waals surface area contributed by atoms with Crippen molar-refractivity contribution in [2.24, 2.45) is 0 Å². The van der Waals surface area contributed by atoms with Crippen molar-refractivity contribution in [3.05, 3.63) is 41.3 Å². The lowest BCUT2D eigenvalue weighted by atomic mass is 10.1. The summed E-state index contributed by atoms with van der Waals surface area (Å²) >= 11 is 2.50. The molecule has 3 rings (SSSR count). The smallest absolute Gasteiger partial charge is 0.230 e. The fourth-order valence-electron chi connectivity index (χ4n) is 1.74. The minimum absolute atomic E-state index is 0.149. The number of amides is 1. The van der Waals surface area contributed by atoms with E-state index in [2.05, 4.69) is 25.1 Å². The van der Waals surface area contributed by atoms with Gasteiger partial charge >= 0.3 is 0 Å². The van der Waals surface area contributed by atoms with Gasteiger partial charge in [0.15, 0.2) is 5.01 Å². The number of aryl methyl sites for hydroxylation is 1. The molecule has 9 heteroatoms. The molecule has 0 saturated heterocycles. The number of carbonyl (C=O) groups is 1. The molecule has 1 aromatic carbocycles. The highest BCUT2D eigenvalue weighted by Gasteiger charge is 2.14. The van der Waals surface area contributed by atoms with Gasteiger partial charge in [0.2, 0.25) is 11.0 Å². The van der Waals surface area contributed by atoms with Gasteiger partial charge in [-0.15, -0.1) is 15.3 Å². The van der Waals surface area contributed by atoms with Crippen molar-refractivity contribution in [2.45, 2.75) is 13.3 Å². The predicted molar refractivity (Wildman–Crippen MR) is 82.3 cm³/mol. The summed E-state index contributed by atoms with van der Waals surface area (Å²) in [5, 5.41) is 15.6. The molecule has 0 spiro atoms. The first kappa shape index (κ1) is 14.7. The Morgan fingerprint density at radius 1 is 1.23 bits per heavy atom. The van der Waals surface area contributed by atoms with E-state index in [1.165, 1.54) is 35.0 Å². The van der Waals surface area contributed by atoms with Crippen molar-refractivity contribution < 1.29 is 9.18 Å². The molecule has 0 atom stereocenters. The van der Waals surface area contributed by atoms with E-state index in [0.29, 0.717) is 10.1 Å². The van der Waals surface area contributed by atoms with Crippen LogP contribution in [0.1, 0.15) is 11.3 Å². The quantitative estimate of drug-likeness (QED) is 0.793. The second-order valence-corrected chi connectivity index (χ2v) is 6.18. The topological polar surface area (TPSA) is 80.7 Å². The van der Waals surface area contributed by atoms with Crippen LogP contribution in [0.15, 0.2) is 24.3 Å². The summed E-state index contributed by atoms with van der Waals surface area (Å²) in [6.45, 7) is 1.84. The number of carbonyl (C=O) groups excluding carboxylic acids is 1. The number of halogens is 1. The van der Waals surface area contributed by atoms with Crippen LogP contribution >= 0.6 is 22.9 Å². The summed E-state index contributed by atoms with van der Waals surface area (Å²) in [5.74, 6) is -0.556. The van der Waals surface area contributed by atoms with Gasteiger partial charge in [0.05, 0.1) is 12.1 Å². The van der Waals surface area contributed by atoms with Gasteiger partial charge in [0.25, 0.3) is 0 Å². The van der Waals surface area contributed by atoms with Gasteiger partial charge in [-0.25, -0.2) is 4.39 Å². The first-order valence-electron chi connectivity index (χ1n) is 6.29. The van der Waals surface area contributed by atoms with Crippen LogP contribution in [0.3, 0.4) is 0 Å². The summed E-state index contributed by atoms with van der Waals surface area (Å²) in [5.41, 5.74) is 1.51. The Kier molecular flexibility index (Phi) is 4.16. The van der Waals surface area contributed by atoms with E-state index in [9.17, 15) is 9.18 Å². The Labute approximate surface area is 133 Å². The summed E-state index contributed by atoms with van der Waals surface area (Å²) in [7, 11) is 0. The van der Waals surface area contributed by atoms with Gasteiger partial charge in [-0.1, -0.05) is 28.0 Å². The largest absolute Gasteiger partial charge is 0.300 e. The number of nitrogens with zero attached hydrogens (tertiary/aromatic N) is 4. The van der Waals surface area contributed by atoms with E-state index >= 15 is 0 Å². The lowest BCUT2D eigenvalue weighted by molar-refractivity contribution is -0.115. The van der Waals surface area contributed by atoms with Crippen LogP contribution < -0.4 is 5.32 Å².